The van der Waals surface area contributed by atoms with Gasteiger partial charge in [-0.1, -0.05) is 30.3 Å². The lowest BCUT2D eigenvalue weighted by Gasteiger charge is -2.23. The van der Waals surface area contributed by atoms with Crippen LogP contribution in [0.5, 0.6) is 0 Å². The minimum atomic E-state index is 0.579. The minimum Gasteiger partial charge on any atom is -0.339 e. The van der Waals surface area contributed by atoms with Gasteiger partial charge in [-0.15, -0.1) is 0 Å². The predicted octanol–water partition coefficient (Wildman–Crippen LogP) is 4.56. The molecule has 0 aliphatic rings. The van der Waals surface area contributed by atoms with Gasteiger partial charge in [-0.05, 0) is 38.1 Å². The zero-order valence-corrected chi connectivity index (χ0v) is 14.3. The van der Waals surface area contributed by atoms with Crippen LogP contribution in [0.15, 0.2) is 60.7 Å². The third-order valence-corrected chi connectivity index (χ3v) is 3.80. The van der Waals surface area contributed by atoms with Crippen molar-refractivity contribution in [3.05, 3.63) is 72.1 Å². The van der Waals surface area contributed by atoms with E-state index in [0.29, 0.717) is 17.2 Å². The van der Waals surface area contributed by atoms with Crippen LogP contribution in [0.25, 0.3) is 0 Å². The highest BCUT2D eigenvalue weighted by Gasteiger charge is 2.12. The molecule has 1 aromatic heterocycles. The number of hydrogen-bond acceptors (Lipinski definition) is 5. The SMILES string of the molecule is CCN(c1ccccc1)c1cc(Nc2ccccc2C#N)nc(C)n1. The highest BCUT2D eigenvalue weighted by molar-refractivity contribution is 5.68. The Kier molecular flexibility index (Phi) is 4.91. The Labute approximate surface area is 147 Å². The number of aryl methyl sites for hydroxylation is 1. The molecule has 3 aromatic rings. The highest BCUT2D eigenvalue weighted by Crippen LogP contribution is 2.26. The summed E-state index contributed by atoms with van der Waals surface area (Å²) in [5.41, 5.74) is 2.39. The van der Waals surface area contributed by atoms with E-state index in [1.807, 2.05) is 49.4 Å². The number of rotatable bonds is 5. The van der Waals surface area contributed by atoms with Gasteiger partial charge in [0.05, 0.1) is 11.3 Å². The Morgan fingerprint density at radius 1 is 1.04 bits per heavy atom. The smallest absolute Gasteiger partial charge is 0.138 e. The molecule has 0 amide bonds. The Morgan fingerprint density at radius 2 is 1.76 bits per heavy atom. The first-order valence-corrected chi connectivity index (χ1v) is 8.15. The molecule has 0 saturated heterocycles. The topological polar surface area (TPSA) is 64.8 Å². The molecule has 124 valence electrons. The van der Waals surface area contributed by atoms with E-state index in [1.54, 1.807) is 6.07 Å². The van der Waals surface area contributed by atoms with Gasteiger partial charge in [0.2, 0.25) is 0 Å². The fourth-order valence-corrected chi connectivity index (χ4v) is 2.67. The predicted molar refractivity (Wildman–Crippen MR) is 100 cm³/mol. The molecular weight excluding hydrogens is 310 g/mol. The second-order valence-electron chi connectivity index (χ2n) is 5.52. The number of nitrogens with one attached hydrogen (secondary N) is 1. The molecule has 0 atom stereocenters. The molecular formula is C20H19N5. The Balaban J connectivity index is 1.97. The van der Waals surface area contributed by atoms with Gasteiger partial charge in [0.25, 0.3) is 0 Å². The third-order valence-electron chi connectivity index (χ3n) is 3.80. The van der Waals surface area contributed by atoms with E-state index in [1.165, 1.54) is 0 Å². The molecule has 1 heterocycles. The molecule has 0 spiro atoms. The lowest BCUT2D eigenvalue weighted by molar-refractivity contribution is 0.953. The van der Waals surface area contributed by atoms with Crippen LogP contribution in [-0.2, 0) is 0 Å². The number of benzene rings is 2. The fraction of sp³-hybridized carbons (Fsp3) is 0.150. The molecule has 0 radical (unpaired) electrons. The molecule has 0 bridgehead atoms. The minimum absolute atomic E-state index is 0.579. The van der Waals surface area contributed by atoms with Gasteiger partial charge in [0.15, 0.2) is 0 Å². The second-order valence-corrected chi connectivity index (χ2v) is 5.52. The molecule has 0 unspecified atom stereocenters. The van der Waals surface area contributed by atoms with Crippen molar-refractivity contribution in [2.75, 3.05) is 16.8 Å². The summed E-state index contributed by atoms with van der Waals surface area (Å²) in [6.45, 7) is 4.74. The van der Waals surface area contributed by atoms with Crippen molar-refractivity contribution in [3.63, 3.8) is 0 Å². The van der Waals surface area contributed by atoms with Gasteiger partial charge in [-0.25, -0.2) is 9.97 Å². The largest absolute Gasteiger partial charge is 0.339 e. The highest BCUT2D eigenvalue weighted by atomic mass is 15.2. The van der Waals surface area contributed by atoms with Gasteiger partial charge in [-0.2, -0.15) is 5.26 Å². The summed E-state index contributed by atoms with van der Waals surface area (Å²) in [7, 11) is 0. The summed E-state index contributed by atoms with van der Waals surface area (Å²) < 4.78 is 0. The van der Waals surface area contributed by atoms with Crippen LogP contribution in [0.4, 0.5) is 23.0 Å². The molecule has 0 saturated carbocycles. The van der Waals surface area contributed by atoms with Crippen molar-refractivity contribution in [2.24, 2.45) is 0 Å². The van der Waals surface area contributed by atoms with E-state index >= 15 is 0 Å². The van der Waals surface area contributed by atoms with Crippen molar-refractivity contribution in [2.45, 2.75) is 13.8 Å². The molecule has 0 aliphatic heterocycles. The first kappa shape index (κ1) is 16.5. The van der Waals surface area contributed by atoms with Crippen molar-refractivity contribution in [3.8, 4) is 6.07 Å². The monoisotopic (exact) mass is 329 g/mol. The van der Waals surface area contributed by atoms with Crippen molar-refractivity contribution in [1.29, 1.82) is 5.26 Å². The quantitative estimate of drug-likeness (QED) is 0.743. The average molecular weight is 329 g/mol. The van der Waals surface area contributed by atoms with Crippen LogP contribution in [0.2, 0.25) is 0 Å². The van der Waals surface area contributed by atoms with Crippen LogP contribution in [0, 0.1) is 18.3 Å². The molecule has 2 aromatic carbocycles. The van der Waals surface area contributed by atoms with Gasteiger partial charge >= 0.3 is 0 Å². The number of nitriles is 1. The van der Waals surface area contributed by atoms with E-state index in [4.69, 9.17) is 0 Å². The van der Waals surface area contributed by atoms with Crippen LogP contribution in [-0.4, -0.2) is 16.5 Å². The number of hydrogen-bond donors (Lipinski definition) is 1. The summed E-state index contributed by atoms with van der Waals surface area (Å²) in [4.78, 5) is 11.2. The first-order chi connectivity index (χ1) is 12.2. The van der Waals surface area contributed by atoms with E-state index < -0.39 is 0 Å². The molecule has 3 rings (SSSR count). The molecule has 5 heteroatoms. The number of aromatic nitrogens is 2. The maximum Gasteiger partial charge on any atom is 0.138 e. The van der Waals surface area contributed by atoms with Gasteiger partial charge < -0.3 is 10.2 Å². The van der Waals surface area contributed by atoms with Gasteiger partial charge in [0, 0.05) is 18.3 Å². The average Bonchev–Trinajstić information content (AvgIpc) is 2.63. The fourth-order valence-electron chi connectivity index (χ4n) is 2.67. The lowest BCUT2D eigenvalue weighted by Crippen LogP contribution is -2.18. The van der Waals surface area contributed by atoms with E-state index in [-0.39, 0.29) is 0 Å². The zero-order chi connectivity index (χ0) is 17.6. The Hall–Kier alpha value is -3.39. The van der Waals surface area contributed by atoms with E-state index in [2.05, 4.69) is 45.3 Å². The van der Waals surface area contributed by atoms with Crippen molar-refractivity contribution in [1.82, 2.24) is 9.97 Å². The van der Waals surface area contributed by atoms with Crippen LogP contribution in [0.1, 0.15) is 18.3 Å². The summed E-state index contributed by atoms with van der Waals surface area (Å²) in [5.74, 6) is 2.15. The van der Waals surface area contributed by atoms with E-state index in [0.717, 1.165) is 23.7 Å². The lowest BCUT2D eigenvalue weighted by atomic mass is 10.2. The maximum atomic E-state index is 9.25. The molecule has 5 nitrogen and oxygen atoms in total. The number of anilines is 4. The normalized spacial score (nSPS) is 10.1. The molecule has 25 heavy (non-hydrogen) atoms. The summed E-state index contributed by atoms with van der Waals surface area (Å²) in [5, 5.41) is 12.5. The molecule has 0 fully saturated rings. The van der Waals surface area contributed by atoms with Gasteiger partial charge in [0.1, 0.15) is 23.5 Å². The molecule has 1 N–H and O–H groups in total. The van der Waals surface area contributed by atoms with Crippen LogP contribution >= 0.6 is 0 Å². The van der Waals surface area contributed by atoms with E-state index in [9.17, 15) is 5.26 Å². The summed E-state index contributed by atoms with van der Waals surface area (Å²) in [6, 6.07) is 21.6. The van der Waals surface area contributed by atoms with Gasteiger partial charge in [-0.3, -0.25) is 0 Å². The Bertz CT molecular complexity index is 899. The van der Waals surface area contributed by atoms with Crippen molar-refractivity contribution >= 4 is 23.0 Å². The summed E-state index contributed by atoms with van der Waals surface area (Å²) >= 11 is 0. The number of nitrogens with zero attached hydrogens (tertiary/aromatic N) is 4. The van der Waals surface area contributed by atoms with Crippen LogP contribution < -0.4 is 10.2 Å². The third kappa shape index (κ3) is 3.75. The van der Waals surface area contributed by atoms with Crippen molar-refractivity contribution < 1.29 is 0 Å². The number of para-hydroxylation sites is 2. The van der Waals surface area contributed by atoms with Crippen LogP contribution in [0.3, 0.4) is 0 Å². The second kappa shape index (κ2) is 7.45. The summed E-state index contributed by atoms with van der Waals surface area (Å²) in [6.07, 6.45) is 0. The molecule has 0 aliphatic carbocycles. The maximum absolute atomic E-state index is 9.25. The zero-order valence-electron chi connectivity index (χ0n) is 14.3. The standard InChI is InChI=1S/C20H19N5/c1-3-25(17-10-5-4-6-11-17)20-13-19(22-15(2)23-20)24-18-12-8-7-9-16(18)14-21/h4-13H,3H2,1-2H3,(H,22,23,24). The Morgan fingerprint density at radius 3 is 2.48 bits per heavy atom. The first-order valence-electron chi connectivity index (χ1n) is 8.15.